The minimum absolute atomic E-state index is 0.178. The van der Waals surface area contributed by atoms with Crippen LogP contribution in [-0.2, 0) is 4.79 Å². The molecule has 116 valence electrons. The highest BCUT2D eigenvalue weighted by Crippen LogP contribution is 2.03. The van der Waals surface area contributed by atoms with Crippen LogP contribution in [-0.4, -0.2) is 67.8 Å². The average molecular weight is 286 g/mol. The first-order chi connectivity index (χ1) is 9.59. The lowest BCUT2D eigenvalue weighted by molar-refractivity contribution is -0.141. The smallest absolute Gasteiger partial charge is 0.314 e. The molecule has 1 aliphatic rings. The Morgan fingerprint density at radius 1 is 1.25 bits per heavy atom. The molecule has 0 aliphatic carbocycles. The summed E-state index contributed by atoms with van der Waals surface area (Å²) in [6.07, 6.45) is 1.26. The Morgan fingerprint density at radius 2 is 1.90 bits per heavy atom. The van der Waals surface area contributed by atoms with Gasteiger partial charge in [-0.15, -0.1) is 0 Å². The van der Waals surface area contributed by atoms with Gasteiger partial charge in [0.05, 0.1) is 5.92 Å². The second-order valence-electron chi connectivity index (χ2n) is 5.16. The van der Waals surface area contributed by atoms with E-state index in [0.29, 0.717) is 25.9 Å². The first-order valence-corrected chi connectivity index (χ1v) is 7.27. The molecule has 1 aliphatic heterocycles. The summed E-state index contributed by atoms with van der Waals surface area (Å²) >= 11 is 0. The second kappa shape index (κ2) is 9.55. The third-order valence-electron chi connectivity index (χ3n) is 3.44. The maximum absolute atomic E-state index is 11.5. The fourth-order valence-corrected chi connectivity index (χ4v) is 2.06. The van der Waals surface area contributed by atoms with Crippen LogP contribution in [0.25, 0.3) is 0 Å². The van der Waals surface area contributed by atoms with E-state index in [1.807, 2.05) is 0 Å². The maximum atomic E-state index is 11.5. The third-order valence-corrected chi connectivity index (χ3v) is 3.44. The average Bonchev–Trinajstić information content (AvgIpc) is 2.44. The lowest BCUT2D eigenvalue weighted by Gasteiger charge is -2.27. The summed E-state index contributed by atoms with van der Waals surface area (Å²) in [4.78, 5) is 24.4. The van der Waals surface area contributed by atoms with Gasteiger partial charge in [0, 0.05) is 45.8 Å². The molecule has 0 aromatic heterocycles. The summed E-state index contributed by atoms with van der Waals surface area (Å²) in [5, 5.41) is 17.6. The number of urea groups is 1. The standard InChI is InChI=1S/C13H26N4O3/c1-11(12(18)19)3-2-4-15-13(20)16-7-10-17-8-5-14-6-9-17/h11,14H,2-10H2,1H3,(H,18,19)(H2,15,16,20). The van der Waals surface area contributed by atoms with E-state index in [0.717, 1.165) is 32.7 Å². The second-order valence-corrected chi connectivity index (χ2v) is 5.16. The zero-order chi connectivity index (χ0) is 14.8. The van der Waals surface area contributed by atoms with Gasteiger partial charge in [0.15, 0.2) is 0 Å². The lowest BCUT2D eigenvalue weighted by atomic mass is 10.1. The molecule has 1 atom stereocenters. The van der Waals surface area contributed by atoms with Gasteiger partial charge in [-0.1, -0.05) is 6.92 Å². The third kappa shape index (κ3) is 7.30. The van der Waals surface area contributed by atoms with Gasteiger partial charge in [0.1, 0.15) is 0 Å². The molecule has 20 heavy (non-hydrogen) atoms. The van der Waals surface area contributed by atoms with Crippen LogP contribution in [0.15, 0.2) is 0 Å². The molecule has 0 aromatic rings. The van der Waals surface area contributed by atoms with Gasteiger partial charge in [-0.25, -0.2) is 4.79 Å². The molecule has 0 saturated carbocycles. The quantitative estimate of drug-likeness (QED) is 0.459. The number of carboxylic acid groups (broad SMARTS) is 1. The van der Waals surface area contributed by atoms with Crippen LogP contribution in [0.3, 0.4) is 0 Å². The highest BCUT2D eigenvalue weighted by atomic mass is 16.4. The molecule has 1 heterocycles. The zero-order valence-corrected chi connectivity index (χ0v) is 12.2. The Bertz CT molecular complexity index is 306. The molecule has 4 N–H and O–H groups in total. The SMILES string of the molecule is CC(CCCNC(=O)NCCN1CCNCC1)C(=O)O. The van der Waals surface area contributed by atoms with E-state index >= 15 is 0 Å². The highest BCUT2D eigenvalue weighted by Gasteiger charge is 2.11. The van der Waals surface area contributed by atoms with Crippen molar-refractivity contribution in [2.45, 2.75) is 19.8 Å². The fraction of sp³-hybridized carbons (Fsp3) is 0.846. The van der Waals surface area contributed by atoms with Gasteiger partial charge in [-0.2, -0.15) is 0 Å². The number of piperazine rings is 1. The molecular weight excluding hydrogens is 260 g/mol. The van der Waals surface area contributed by atoms with E-state index < -0.39 is 5.97 Å². The van der Waals surface area contributed by atoms with Gasteiger partial charge < -0.3 is 21.1 Å². The summed E-state index contributed by atoms with van der Waals surface area (Å²) in [6.45, 7) is 7.75. The number of carboxylic acids is 1. The number of carbonyl (C=O) groups excluding carboxylic acids is 1. The molecule has 0 spiro atoms. The van der Waals surface area contributed by atoms with Gasteiger partial charge in [0.2, 0.25) is 0 Å². The molecule has 1 fully saturated rings. The van der Waals surface area contributed by atoms with Crippen LogP contribution in [0.1, 0.15) is 19.8 Å². The van der Waals surface area contributed by atoms with E-state index in [-0.39, 0.29) is 11.9 Å². The number of nitrogens with one attached hydrogen (secondary N) is 3. The highest BCUT2D eigenvalue weighted by molar-refractivity contribution is 5.73. The van der Waals surface area contributed by atoms with E-state index in [1.165, 1.54) is 0 Å². The van der Waals surface area contributed by atoms with Crippen LogP contribution in [0.2, 0.25) is 0 Å². The van der Waals surface area contributed by atoms with Crippen molar-refractivity contribution in [3.63, 3.8) is 0 Å². The first-order valence-electron chi connectivity index (χ1n) is 7.27. The fourth-order valence-electron chi connectivity index (χ4n) is 2.06. The molecular formula is C13H26N4O3. The Labute approximate surface area is 120 Å². The number of aliphatic carboxylic acids is 1. The molecule has 1 unspecified atom stereocenters. The maximum Gasteiger partial charge on any atom is 0.314 e. The predicted octanol–water partition coefficient (Wildman–Crippen LogP) is -0.308. The number of carbonyl (C=O) groups is 2. The van der Waals surface area contributed by atoms with E-state index in [2.05, 4.69) is 20.9 Å². The van der Waals surface area contributed by atoms with Crippen molar-refractivity contribution in [2.24, 2.45) is 5.92 Å². The largest absolute Gasteiger partial charge is 0.481 e. The minimum atomic E-state index is -0.787. The molecule has 0 bridgehead atoms. The Balaban J connectivity index is 1.96. The summed E-state index contributed by atoms with van der Waals surface area (Å²) in [7, 11) is 0. The van der Waals surface area contributed by atoms with Crippen LogP contribution in [0.5, 0.6) is 0 Å². The minimum Gasteiger partial charge on any atom is -0.481 e. The van der Waals surface area contributed by atoms with Crippen molar-refractivity contribution >= 4 is 12.0 Å². The van der Waals surface area contributed by atoms with Crippen molar-refractivity contribution in [3.8, 4) is 0 Å². The number of rotatable bonds is 8. The molecule has 0 aromatic carbocycles. The number of nitrogens with zero attached hydrogens (tertiary/aromatic N) is 1. The summed E-state index contributed by atoms with van der Waals surface area (Å²) in [6, 6.07) is -0.178. The zero-order valence-electron chi connectivity index (χ0n) is 12.2. The molecule has 7 heteroatoms. The van der Waals surface area contributed by atoms with Gasteiger partial charge in [-0.3, -0.25) is 9.69 Å². The lowest BCUT2D eigenvalue weighted by Crippen LogP contribution is -2.47. The van der Waals surface area contributed by atoms with Crippen molar-refractivity contribution in [1.29, 1.82) is 0 Å². The van der Waals surface area contributed by atoms with Gasteiger partial charge in [-0.05, 0) is 12.8 Å². The molecule has 2 amide bonds. The molecule has 7 nitrogen and oxygen atoms in total. The Hall–Kier alpha value is -1.34. The Morgan fingerprint density at radius 3 is 2.55 bits per heavy atom. The predicted molar refractivity (Wildman–Crippen MR) is 76.7 cm³/mol. The van der Waals surface area contributed by atoms with E-state index in [9.17, 15) is 9.59 Å². The molecule has 0 radical (unpaired) electrons. The van der Waals surface area contributed by atoms with Crippen LogP contribution < -0.4 is 16.0 Å². The van der Waals surface area contributed by atoms with Crippen LogP contribution in [0.4, 0.5) is 4.79 Å². The summed E-state index contributed by atoms with van der Waals surface area (Å²) < 4.78 is 0. The first kappa shape index (κ1) is 16.7. The number of amides is 2. The monoisotopic (exact) mass is 286 g/mol. The summed E-state index contributed by atoms with van der Waals surface area (Å²) in [5.41, 5.74) is 0. The van der Waals surface area contributed by atoms with Crippen LogP contribution in [0, 0.1) is 5.92 Å². The van der Waals surface area contributed by atoms with Crippen molar-refractivity contribution in [3.05, 3.63) is 0 Å². The molecule has 1 saturated heterocycles. The van der Waals surface area contributed by atoms with Gasteiger partial charge in [0.25, 0.3) is 0 Å². The normalized spacial score (nSPS) is 17.4. The topological polar surface area (TPSA) is 93.7 Å². The van der Waals surface area contributed by atoms with Crippen molar-refractivity contribution in [2.75, 3.05) is 45.8 Å². The summed E-state index contributed by atoms with van der Waals surface area (Å²) in [5.74, 6) is -1.14. The van der Waals surface area contributed by atoms with Gasteiger partial charge >= 0.3 is 12.0 Å². The number of hydrogen-bond acceptors (Lipinski definition) is 4. The van der Waals surface area contributed by atoms with Crippen molar-refractivity contribution < 1.29 is 14.7 Å². The van der Waals surface area contributed by atoms with Crippen LogP contribution >= 0.6 is 0 Å². The number of hydrogen-bond donors (Lipinski definition) is 4. The Kier molecular flexibility index (Phi) is 7.98. The van der Waals surface area contributed by atoms with Crippen molar-refractivity contribution in [1.82, 2.24) is 20.9 Å². The van der Waals surface area contributed by atoms with E-state index in [4.69, 9.17) is 5.11 Å². The molecule has 1 rings (SSSR count). The van der Waals surface area contributed by atoms with E-state index in [1.54, 1.807) is 6.92 Å².